The van der Waals surface area contributed by atoms with E-state index in [4.69, 9.17) is 4.74 Å². The Morgan fingerprint density at radius 2 is 2.12 bits per heavy atom. The third kappa shape index (κ3) is 5.42. The topological polar surface area (TPSA) is 50.3 Å². The molecule has 0 amide bonds. The molecule has 2 heterocycles. The molecule has 1 fully saturated rings. The Bertz CT molecular complexity index is 665. The summed E-state index contributed by atoms with van der Waals surface area (Å²) in [6, 6.07) is 8.87. The molecule has 0 aliphatic carbocycles. The quantitative estimate of drug-likeness (QED) is 0.607. The third-order valence-corrected chi connectivity index (χ3v) is 5.08. The minimum Gasteiger partial charge on any atom is -0.497 e. The number of methoxy groups -OCH3 is 1. The van der Waals surface area contributed by atoms with Crippen LogP contribution >= 0.6 is 11.8 Å². The van der Waals surface area contributed by atoms with Crippen molar-refractivity contribution in [3.8, 4) is 5.75 Å². The third-order valence-electron chi connectivity index (χ3n) is 4.50. The van der Waals surface area contributed by atoms with Crippen molar-refractivity contribution in [2.45, 2.75) is 37.1 Å². The van der Waals surface area contributed by atoms with Crippen molar-refractivity contribution in [3.63, 3.8) is 0 Å². The summed E-state index contributed by atoms with van der Waals surface area (Å²) in [5.41, 5.74) is 2.45. The van der Waals surface area contributed by atoms with Crippen LogP contribution in [0.3, 0.4) is 0 Å². The number of nitrogens with one attached hydrogen (secondary N) is 1. The molecule has 0 spiro atoms. The van der Waals surface area contributed by atoms with Crippen LogP contribution in [0.15, 0.2) is 41.8 Å². The van der Waals surface area contributed by atoms with Gasteiger partial charge in [-0.1, -0.05) is 23.9 Å². The van der Waals surface area contributed by atoms with E-state index < -0.39 is 0 Å². The molecule has 6 heteroatoms. The van der Waals surface area contributed by atoms with Crippen LogP contribution in [0.5, 0.6) is 5.75 Å². The van der Waals surface area contributed by atoms with Gasteiger partial charge in [0.1, 0.15) is 5.75 Å². The zero-order valence-electron chi connectivity index (χ0n) is 14.9. The molecule has 5 nitrogen and oxygen atoms in total. The number of rotatable bonds is 7. The van der Waals surface area contributed by atoms with Crippen LogP contribution in [0, 0.1) is 0 Å². The van der Waals surface area contributed by atoms with Gasteiger partial charge < -0.3 is 10.1 Å². The first-order valence-electron chi connectivity index (χ1n) is 8.70. The van der Waals surface area contributed by atoms with Crippen molar-refractivity contribution >= 4 is 11.8 Å². The van der Waals surface area contributed by atoms with Gasteiger partial charge in [-0.05, 0) is 43.3 Å². The predicted molar refractivity (Wildman–Crippen MR) is 102 cm³/mol. The highest BCUT2D eigenvalue weighted by atomic mass is 32.2. The lowest BCUT2D eigenvalue weighted by Gasteiger charge is -2.33. The summed E-state index contributed by atoms with van der Waals surface area (Å²) in [7, 11) is 1.72. The lowest BCUT2D eigenvalue weighted by atomic mass is 10.0. The molecule has 1 saturated heterocycles. The first-order valence-corrected chi connectivity index (χ1v) is 9.93. The van der Waals surface area contributed by atoms with E-state index in [1.165, 1.54) is 18.4 Å². The van der Waals surface area contributed by atoms with Crippen molar-refractivity contribution in [2.24, 2.45) is 0 Å². The number of ether oxygens (including phenoxy) is 1. The second-order valence-corrected chi connectivity index (χ2v) is 7.16. The van der Waals surface area contributed by atoms with Crippen LogP contribution < -0.4 is 10.1 Å². The smallest absolute Gasteiger partial charge is 0.187 e. The first-order chi connectivity index (χ1) is 12.3. The van der Waals surface area contributed by atoms with E-state index in [1.807, 2.05) is 24.7 Å². The largest absolute Gasteiger partial charge is 0.497 e. The Labute approximate surface area is 154 Å². The Morgan fingerprint density at radius 1 is 1.28 bits per heavy atom. The van der Waals surface area contributed by atoms with Crippen LogP contribution in [-0.2, 0) is 13.1 Å². The highest BCUT2D eigenvalue weighted by Gasteiger charge is 2.19. The number of nitrogens with zero attached hydrogens (tertiary/aromatic N) is 3. The molecule has 3 rings (SSSR count). The number of hydrogen-bond donors (Lipinski definition) is 1. The zero-order valence-corrected chi connectivity index (χ0v) is 15.8. The fraction of sp³-hybridized carbons (Fsp3) is 0.474. The monoisotopic (exact) mass is 358 g/mol. The number of hydrogen-bond acceptors (Lipinski definition) is 6. The lowest BCUT2D eigenvalue weighted by Crippen LogP contribution is -2.45. The highest BCUT2D eigenvalue weighted by molar-refractivity contribution is 7.98. The molecule has 1 N–H and O–H groups in total. The van der Waals surface area contributed by atoms with Gasteiger partial charge in [-0.3, -0.25) is 4.90 Å². The normalized spacial score (nSPS) is 18.2. The lowest BCUT2D eigenvalue weighted by molar-refractivity contribution is 0.182. The predicted octanol–water partition coefficient (Wildman–Crippen LogP) is 2.96. The van der Waals surface area contributed by atoms with E-state index in [0.29, 0.717) is 6.04 Å². The van der Waals surface area contributed by atoms with E-state index in [2.05, 4.69) is 38.4 Å². The van der Waals surface area contributed by atoms with Crippen LogP contribution in [-0.4, -0.2) is 47.4 Å². The van der Waals surface area contributed by atoms with Gasteiger partial charge in [-0.15, -0.1) is 0 Å². The summed E-state index contributed by atoms with van der Waals surface area (Å²) in [6.07, 6.45) is 8.28. The van der Waals surface area contributed by atoms with Crippen molar-refractivity contribution < 1.29 is 4.74 Å². The van der Waals surface area contributed by atoms with E-state index in [9.17, 15) is 0 Å². The molecule has 1 aromatic heterocycles. The number of benzene rings is 1. The van der Waals surface area contributed by atoms with E-state index in [-0.39, 0.29) is 0 Å². The fourth-order valence-electron chi connectivity index (χ4n) is 3.20. The molecule has 0 saturated carbocycles. The number of piperidine rings is 1. The molecule has 0 bridgehead atoms. The van der Waals surface area contributed by atoms with Crippen molar-refractivity contribution in [1.82, 2.24) is 20.2 Å². The van der Waals surface area contributed by atoms with Crippen LogP contribution in [0.2, 0.25) is 0 Å². The molecule has 25 heavy (non-hydrogen) atoms. The molecule has 1 atom stereocenters. The molecule has 1 aliphatic rings. The van der Waals surface area contributed by atoms with Gasteiger partial charge in [-0.25, -0.2) is 9.97 Å². The standard InChI is InChI=1S/C19H26N4OS/c1-24-18-7-3-5-15(9-18)13-23-8-4-6-17(14-23)20-10-16-11-21-19(25-2)22-12-16/h3,5,7,9,11-12,17,20H,4,6,8,10,13-14H2,1-2H3/t17-/m0/s1. The molecule has 1 aromatic carbocycles. The van der Waals surface area contributed by atoms with Gasteiger partial charge in [0, 0.05) is 43.6 Å². The average Bonchev–Trinajstić information content (AvgIpc) is 2.67. The van der Waals surface area contributed by atoms with Crippen LogP contribution in [0.1, 0.15) is 24.0 Å². The van der Waals surface area contributed by atoms with Gasteiger partial charge in [0.05, 0.1) is 7.11 Å². The maximum atomic E-state index is 5.32. The Balaban J connectivity index is 1.50. The van der Waals surface area contributed by atoms with Gasteiger partial charge in [0.15, 0.2) is 5.16 Å². The van der Waals surface area contributed by atoms with E-state index in [1.54, 1.807) is 18.9 Å². The molecule has 1 aliphatic heterocycles. The number of thioether (sulfide) groups is 1. The number of likely N-dealkylation sites (tertiary alicyclic amines) is 1. The van der Waals surface area contributed by atoms with Crippen molar-refractivity contribution in [3.05, 3.63) is 47.8 Å². The second-order valence-electron chi connectivity index (χ2n) is 6.38. The Hall–Kier alpha value is -1.63. The van der Waals surface area contributed by atoms with Gasteiger partial charge in [0.2, 0.25) is 0 Å². The minimum absolute atomic E-state index is 0.514. The average molecular weight is 359 g/mol. The SMILES string of the molecule is COc1cccc(CN2CCC[C@H](NCc3cnc(SC)nc3)C2)c1. The van der Waals surface area contributed by atoms with E-state index in [0.717, 1.165) is 42.6 Å². The zero-order chi connectivity index (χ0) is 17.5. The van der Waals surface area contributed by atoms with Gasteiger partial charge >= 0.3 is 0 Å². The van der Waals surface area contributed by atoms with Crippen LogP contribution in [0.4, 0.5) is 0 Å². The fourth-order valence-corrected chi connectivity index (χ4v) is 3.51. The maximum absolute atomic E-state index is 5.32. The summed E-state index contributed by atoms with van der Waals surface area (Å²) >= 11 is 1.57. The molecule has 134 valence electrons. The minimum atomic E-state index is 0.514. The van der Waals surface area contributed by atoms with E-state index >= 15 is 0 Å². The summed E-state index contributed by atoms with van der Waals surface area (Å²) in [4.78, 5) is 11.2. The summed E-state index contributed by atoms with van der Waals surface area (Å²) < 4.78 is 5.32. The van der Waals surface area contributed by atoms with Gasteiger partial charge in [0.25, 0.3) is 0 Å². The molecule has 0 unspecified atom stereocenters. The summed E-state index contributed by atoms with van der Waals surface area (Å²) in [5.74, 6) is 0.929. The Morgan fingerprint density at radius 3 is 2.88 bits per heavy atom. The second kappa shape index (κ2) is 9.17. The van der Waals surface area contributed by atoms with Crippen molar-refractivity contribution in [2.75, 3.05) is 26.5 Å². The first kappa shape index (κ1) is 18.2. The van der Waals surface area contributed by atoms with Crippen molar-refractivity contribution in [1.29, 1.82) is 0 Å². The molecular weight excluding hydrogens is 332 g/mol. The summed E-state index contributed by atoms with van der Waals surface area (Å²) in [5, 5.41) is 4.49. The van der Waals surface area contributed by atoms with Gasteiger partial charge in [-0.2, -0.15) is 0 Å². The molecule has 2 aromatic rings. The van der Waals surface area contributed by atoms with Crippen LogP contribution in [0.25, 0.3) is 0 Å². The molecule has 0 radical (unpaired) electrons. The number of aromatic nitrogens is 2. The maximum Gasteiger partial charge on any atom is 0.187 e. The Kier molecular flexibility index (Phi) is 6.67. The molecular formula is C19H26N4OS. The highest BCUT2D eigenvalue weighted by Crippen LogP contribution is 2.18. The summed E-state index contributed by atoms with van der Waals surface area (Å²) in [6.45, 7) is 4.02.